The molecule has 0 aliphatic carbocycles. The van der Waals surface area contributed by atoms with Crippen LogP contribution in [-0.4, -0.2) is 54.1 Å². The van der Waals surface area contributed by atoms with Crippen LogP contribution < -0.4 is 10.2 Å². The lowest BCUT2D eigenvalue weighted by Crippen LogP contribution is -2.46. The number of aromatic nitrogens is 2. The van der Waals surface area contributed by atoms with Crippen LogP contribution in [0.1, 0.15) is 18.3 Å². The van der Waals surface area contributed by atoms with E-state index in [4.69, 9.17) is 0 Å². The maximum Gasteiger partial charge on any atom is 0.134 e. The fourth-order valence-electron chi connectivity index (χ4n) is 3.12. The van der Waals surface area contributed by atoms with Gasteiger partial charge in [0.1, 0.15) is 23.3 Å². The Morgan fingerprint density at radius 3 is 2.60 bits per heavy atom. The molecule has 2 heterocycles. The summed E-state index contributed by atoms with van der Waals surface area (Å²) in [6.45, 7) is 9.94. The van der Waals surface area contributed by atoms with Crippen molar-refractivity contribution in [3.8, 4) is 0 Å². The maximum atomic E-state index is 13.7. The zero-order valence-electron chi connectivity index (χ0n) is 15.0. The molecule has 25 heavy (non-hydrogen) atoms. The lowest BCUT2D eigenvalue weighted by molar-refractivity contribution is 0.270. The molecule has 0 radical (unpaired) electrons. The summed E-state index contributed by atoms with van der Waals surface area (Å²) in [7, 11) is 0. The Morgan fingerprint density at radius 2 is 1.88 bits per heavy atom. The van der Waals surface area contributed by atoms with E-state index < -0.39 is 0 Å². The van der Waals surface area contributed by atoms with Crippen LogP contribution in [0.3, 0.4) is 0 Å². The SMILES string of the molecule is CCN1CCN(c2cc(NCCc3ccccc3F)nc(C)n2)CC1. The average Bonchev–Trinajstić information content (AvgIpc) is 2.63. The number of rotatable bonds is 6. The topological polar surface area (TPSA) is 44.3 Å². The van der Waals surface area contributed by atoms with E-state index in [9.17, 15) is 4.39 Å². The van der Waals surface area contributed by atoms with Crippen LogP contribution in [0.5, 0.6) is 0 Å². The monoisotopic (exact) mass is 343 g/mol. The van der Waals surface area contributed by atoms with E-state index in [1.165, 1.54) is 6.07 Å². The van der Waals surface area contributed by atoms with Crippen molar-refractivity contribution >= 4 is 11.6 Å². The van der Waals surface area contributed by atoms with Gasteiger partial charge < -0.3 is 15.1 Å². The molecule has 0 spiro atoms. The molecule has 5 nitrogen and oxygen atoms in total. The van der Waals surface area contributed by atoms with Crippen LogP contribution in [-0.2, 0) is 6.42 Å². The van der Waals surface area contributed by atoms with Crippen molar-refractivity contribution in [2.75, 3.05) is 49.5 Å². The smallest absolute Gasteiger partial charge is 0.134 e. The molecule has 1 aromatic carbocycles. The van der Waals surface area contributed by atoms with Gasteiger partial charge in [0.15, 0.2) is 0 Å². The quantitative estimate of drug-likeness (QED) is 0.874. The van der Waals surface area contributed by atoms with Gasteiger partial charge in [0, 0.05) is 38.8 Å². The van der Waals surface area contributed by atoms with Gasteiger partial charge in [-0.2, -0.15) is 0 Å². The second kappa shape index (κ2) is 8.25. The van der Waals surface area contributed by atoms with Crippen molar-refractivity contribution in [3.05, 3.63) is 47.5 Å². The third-order valence-corrected chi connectivity index (χ3v) is 4.63. The molecule has 134 valence electrons. The Labute approximate surface area is 148 Å². The van der Waals surface area contributed by atoms with Gasteiger partial charge >= 0.3 is 0 Å². The van der Waals surface area contributed by atoms with Crippen LogP contribution in [0.4, 0.5) is 16.0 Å². The predicted octanol–water partition coefficient (Wildman–Crippen LogP) is 2.72. The predicted molar refractivity (Wildman–Crippen MR) is 99.7 cm³/mol. The maximum absolute atomic E-state index is 13.7. The summed E-state index contributed by atoms with van der Waals surface area (Å²) in [6, 6.07) is 8.89. The number of hydrogen-bond donors (Lipinski definition) is 1. The van der Waals surface area contributed by atoms with Crippen molar-refractivity contribution in [2.45, 2.75) is 20.3 Å². The van der Waals surface area contributed by atoms with Crippen LogP contribution in [0, 0.1) is 12.7 Å². The minimum Gasteiger partial charge on any atom is -0.370 e. The number of halogens is 1. The number of nitrogens with one attached hydrogen (secondary N) is 1. The minimum atomic E-state index is -0.155. The molecular weight excluding hydrogens is 317 g/mol. The van der Waals surface area contributed by atoms with Gasteiger partial charge in [0.2, 0.25) is 0 Å². The van der Waals surface area contributed by atoms with E-state index >= 15 is 0 Å². The number of nitrogens with zero attached hydrogens (tertiary/aromatic N) is 4. The molecule has 1 saturated heterocycles. The van der Waals surface area contributed by atoms with E-state index in [0.717, 1.165) is 55.7 Å². The molecule has 1 aliphatic rings. The zero-order valence-corrected chi connectivity index (χ0v) is 15.0. The highest BCUT2D eigenvalue weighted by Crippen LogP contribution is 2.18. The summed E-state index contributed by atoms with van der Waals surface area (Å²) in [4.78, 5) is 13.8. The summed E-state index contributed by atoms with van der Waals surface area (Å²) in [6.07, 6.45) is 0.625. The van der Waals surface area contributed by atoms with Crippen LogP contribution >= 0.6 is 0 Å². The first-order valence-electron chi connectivity index (χ1n) is 8.96. The molecule has 0 bridgehead atoms. The molecule has 2 aromatic rings. The Morgan fingerprint density at radius 1 is 1.12 bits per heavy atom. The molecule has 0 amide bonds. The summed E-state index contributed by atoms with van der Waals surface area (Å²) in [5.74, 6) is 2.37. The van der Waals surface area contributed by atoms with E-state index in [1.807, 2.05) is 25.1 Å². The van der Waals surface area contributed by atoms with Crippen molar-refractivity contribution < 1.29 is 4.39 Å². The first-order valence-corrected chi connectivity index (χ1v) is 8.96. The van der Waals surface area contributed by atoms with Crippen molar-refractivity contribution in [3.63, 3.8) is 0 Å². The van der Waals surface area contributed by atoms with E-state index in [0.29, 0.717) is 13.0 Å². The summed E-state index contributed by atoms with van der Waals surface area (Å²) < 4.78 is 13.7. The molecule has 1 fully saturated rings. The molecule has 0 saturated carbocycles. The summed E-state index contributed by atoms with van der Waals surface area (Å²) in [5, 5.41) is 3.31. The Hall–Kier alpha value is -2.21. The van der Waals surface area contributed by atoms with Crippen LogP contribution in [0.15, 0.2) is 30.3 Å². The molecule has 3 rings (SSSR count). The third kappa shape index (κ3) is 4.66. The standard InChI is InChI=1S/C19H26FN5/c1-3-24-10-12-25(13-11-24)19-14-18(22-15(2)23-19)21-9-8-16-6-4-5-7-17(16)20/h4-7,14H,3,8-13H2,1-2H3,(H,21,22,23). The first-order chi connectivity index (χ1) is 12.2. The second-order valence-corrected chi connectivity index (χ2v) is 6.35. The van der Waals surface area contributed by atoms with Crippen molar-refractivity contribution in [1.82, 2.24) is 14.9 Å². The zero-order chi connectivity index (χ0) is 17.6. The van der Waals surface area contributed by atoms with Crippen molar-refractivity contribution in [1.29, 1.82) is 0 Å². The fourth-order valence-corrected chi connectivity index (χ4v) is 3.12. The Kier molecular flexibility index (Phi) is 5.81. The average molecular weight is 343 g/mol. The molecule has 0 atom stereocenters. The normalized spacial score (nSPS) is 15.4. The van der Waals surface area contributed by atoms with E-state index in [2.05, 4.69) is 32.0 Å². The van der Waals surface area contributed by atoms with Gasteiger partial charge in [-0.15, -0.1) is 0 Å². The molecule has 1 aliphatic heterocycles. The van der Waals surface area contributed by atoms with Crippen LogP contribution in [0.2, 0.25) is 0 Å². The van der Waals surface area contributed by atoms with Gasteiger partial charge in [0.25, 0.3) is 0 Å². The Bertz CT molecular complexity index is 698. The van der Waals surface area contributed by atoms with E-state index in [1.54, 1.807) is 6.07 Å². The molecule has 1 N–H and O–H groups in total. The highest BCUT2D eigenvalue weighted by Gasteiger charge is 2.17. The lowest BCUT2D eigenvalue weighted by Gasteiger charge is -2.34. The number of anilines is 2. The highest BCUT2D eigenvalue weighted by molar-refractivity contribution is 5.49. The number of likely N-dealkylation sites (N-methyl/N-ethyl adjacent to an activating group) is 1. The molecule has 0 unspecified atom stereocenters. The largest absolute Gasteiger partial charge is 0.370 e. The van der Waals surface area contributed by atoms with Crippen LogP contribution in [0.25, 0.3) is 0 Å². The fraction of sp³-hybridized carbons (Fsp3) is 0.474. The molecular formula is C19H26FN5. The Balaban J connectivity index is 1.61. The number of piperazine rings is 1. The first kappa shape index (κ1) is 17.6. The minimum absolute atomic E-state index is 0.155. The number of aryl methyl sites for hydroxylation is 1. The molecule has 1 aromatic heterocycles. The van der Waals surface area contributed by atoms with Gasteiger partial charge in [-0.1, -0.05) is 25.1 Å². The summed E-state index contributed by atoms with van der Waals surface area (Å²) >= 11 is 0. The number of hydrogen-bond acceptors (Lipinski definition) is 5. The molecule has 6 heteroatoms. The van der Waals surface area contributed by atoms with Gasteiger partial charge in [-0.25, -0.2) is 14.4 Å². The van der Waals surface area contributed by atoms with E-state index in [-0.39, 0.29) is 5.82 Å². The lowest BCUT2D eigenvalue weighted by atomic mass is 10.1. The number of benzene rings is 1. The second-order valence-electron chi connectivity index (χ2n) is 6.35. The van der Waals surface area contributed by atoms with Gasteiger partial charge in [-0.3, -0.25) is 0 Å². The van der Waals surface area contributed by atoms with Crippen molar-refractivity contribution in [2.24, 2.45) is 0 Å². The highest BCUT2D eigenvalue weighted by atomic mass is 19.1. The van der Waals surface area contributed by atoms with Gasteiger partial charge in [-0.05, 0) is 31.5 Å². The third-order valence-electron chi connectivity index (χ3n) is 4.63. The van der Waals surface area contributed by atoms with Gasteiger partial charge in [0.05, 0.1) is 0 Å². The summed E-state index contributed by atoms with van der Waals surface area (Å²) in [5.41, 5.74) is 0.719.